The van der Waals surface area contributed by atoms with Crippen molar-refractivity contribution in [2.24, 2.45) is 0 Å². The van der Waals surface area contributed by atoms with Crippen molar-refractivity contribution in [3.05, 3.63) is 84.9 Å². The van der Waals surface area contributed by atoms with Crippen LogP contribution in [0.4, 0.5) is 28.6 Å². The molecule has 4 aromatic carbocycles. The summed E-state index contributed by atoms with van der Waals surface area (Å²) in [4.78, 5) is 0. The summed E-state index contributed by atoms with van der Waals surface area (Å²) in [5.74, 6) is 0. The molecule has 0 unspecified atom stereocenters. The zero-order chi connectivity index (χ0) is 20.4. The molecule has 4 rings (SSSR count). The molecule has 144 valence electrons. The van der Waals surface area contributed by atoms with Gasteiger partial charge in [0.15, 0.2) is 0 Å². The molecule has 0 aliphatic rings. The molecule has 0 bridgehead atoms. The number of halogens is 4. The van der Waals surface area contributed by atoms with E-state index >= 15 is 0 Å². The van der Waals surface area contributed by atoms with E-state index in [9.17, 15) is 17.3 Å². The smallest absolute Gasteiger partial charge is 0.418 e. The average molecular weight is 385 g/mol. The van der Waals surface area contributed by atoms with Crippen molar-refractivity contribution in [1.82, 2.24) is 4.48 Å². The third-order valence-corrected chi connectivity index (χ3v) is 4.74. The first kappa shape index (κ1) is 19.9. The summed E-state index contributed by atoms with van der Waals surface area (Å²) in [7, 11) is -1.47. The molecule has 1 nitrogen and oxygen atoms in total. The third-order valence-electron chi connectivity index (χ3n) is 4.74. The molecule has 0 saturated heterocycles. The molecule has 0 aliphatic carbocycles. The second-order valence-electron chi connectivity index (χ2n) is 6.94. The van der Waals surface area contributed by atoms with Crippen molar-refractivity contribution in [3.63, 3.8) is 0 Å². The van der Waals surface area contributed by atoms with Crippen LogP contribution in [0.15, 0.2) is 84.9 Å². The lowest BCUT2D eigenvalue weighted by Crippen LogP contribution is -2.34. The van der Waals surface area contributed by atoms with Crippen LogP contribution in [0.3, 0.4) is 0 Å². The van der Waals surface area contributed by atoms with E-state index in [-0.39, 0.29) is 0 Å². The topological polar surface area (TPSA) is 0 Å². The van der Waals surface area contributed by atoms with Gasteiger partial charge in [0, 0.05) is 22.9 Å². The first-order valence-electron chi connectivity index (χ1n) is 8.86. The Labute approximate surface area is 161 Å². The zero-order valence-corrected chi connectivity index (χ0v) is 15.6. The van der Waals surface area contributed by atoms with Gasteiger partial charge in [0.1, 0.15) is 11.4 Å². The molecular formula is C22H20BF4N. The minimum Gasteiger partial charge on any atom is -0.418 e. The van der Waals surface area contributed by atoms with E-state index in [0.29, 0.717) is 0 Å². The predicted octanol–water partition coefficient (Wildman–Crippen LogP) is 7.19. The number of hydrogen-bond acceptors (Lipinski definition) is 0. The fourth-order valence-corrected chi connectivity index (χ4v) is 3.52. The fraction of sp³-hybridized carbons (Fsp3) is 0.0909. The van der Waals surface area contributed by atoms with Crippen LogP contribution < -0.4 is 4.48 Å². The SMILES string of the molecule is C[N+](C)(c1cccc2ccccc12)c1cccc2ccccc12.F[B-](F)(F)F. The van der Waals surface area contributed by atoms with Crippen LogP contribution in [-0.2, 0) is 0 Å². The summed E-state index contributed by atoms with van der Waals surface area (Å²) in [6, 6.07) is 30.4. The zero-order valence-electron chi connectivity index (χ0n) is 15.6. The van der Waals surface area contributed by atoms with Crippen LogP contribution in [0, 0.1) is 0 Å². The van der Waals surface area contributed by atoms with E-state index in [0.717, 1.165) is 4.48 Å². The van der Waals surface area contributed by atoms with Gasteiger partial charge in [-0.2, -0.15) is 0 Å². The Hall–Kier alpha value is -2.86. The van der Waals surface area contributed by atoms with Crippen molar-refractivity contribution in [2.75, 3.05) is 14.1 Å². The Morgan fingerprint density at radius 2 is 0.857 bits per heavy atom. The largest absolute Gasteiger partial charge is 0.673 e. The number of quaternary nitrogens is 1. The molecule has 0 aromatic heterocycles. The molecule has 0 radical (unpaired) electrons. The highest BCUT2D eigenvalue weighted by molar-refractivity contribution is 6.50. The van der Waals surface area contributed by atoms with E-state index in [1.54, 1.807) is 0 Å². The minimum atomic E-state index is -6.00. The molecule has 28 heavy (non-hydrogen) atoms. The summed E-state index contributed by atoms with van der Waals surface area (Å²) in [5.41, 5.74) is 2.64. The average Bonchev–Trinajstić information content (AvgIpc) is 2.65. The number of rotatable bonds is 2. The van der Waals surface area contributed by atoms with Gasteiger partial charge in [0.2, 0.25) is 0 Å². The van der Waals surface area contributed by atoms with Crippen molar-refractivity contribution >= 4 is 40.2 Å². The van der Waals surface area contributed by atoms with Gasteiger partial charge >= 0.3 is 7.25 Å². The number of benzene rings is 4. The molecule has 4 aromatic rings. The van der Waals surface area contributed by atoms with Gasteiger partial charge in [0.25, 0.3) is 0 Å². The Kier molecular flexibility index (Phi) is 5.43. The van der Waals surface area contributed by atoms with Crippen molar-refractivity contribution in [1.29, 1.82) is 0 Å². The standard InChI is InChI=1S/C22H20N.BF4/c1-23(2,21-15-7-11-17-9-3-5-13-19(17)21)22-16-8-12-18-10-4-6-14-20(18)22;2-1(3,4)5/h3-16H,1-2H3;/q+1;-1. The van der Waals surface area contributed by atoms with Crippen molar-refractivity contribution in [3.8, 4) is 0 Å². The lowest BCUT2D eigenvalue weighted by molar-refractivity contribution is 0.368. The van der Waals surface area contributed by atoms with E-state index in [4.69, 9.17) is 0 Å². The third kappa shape index (κ3) is 4.34. The molecule has 0 aliphatic heterocycles. The highest BCUT2D eigenvalue weighted by atomic mass is 19.5. The maximum absolute atomic E-state index is 9.75. The van der Waals surface area contributed by atoms with Crippen LogP contribution in [-0.4, -0.2) is 21.3 Å². The van der Waals surface area contributed by atoms with Gasteiger partial charge in [-0.25, -0.2) is 0 Å². The maximum atomic E-state index is 9.75. The van der Waals surface area contributed by atoms with E-state index in [2.05, 4.69) is 99.0 Å². The maximum Gasteiger partial charge on any atom is 0.673 e. The Morgan fingerprint density at radius 1 is 0.536 bits per heavy atom. The summed E-state index contributed by atoms with van der Waals surface area (Å²) < 4.78 is 39.7. The van der Waals surface area contributed by atoms with Gasteiger partial charge < -0.3 is 17.3 Å². The number of nitrogens with zero attached hydrogens (tertiary/aromatic N) is 1. The van der Waals surface area contributed by atoms with Crippen LogP contribution in [0.2, 0.25) is 0 Å². The molecule has 0 saturated carbocycles. The second kappa shape index (κ2) is 7.64. The van der Waals surface area contributed by atoms with E-state index < -0.39 is 7.25 Å². The number of fused-ring (bicyclic) bond motifs is 2. The molecule has 0 amide bonds. The molecule has 0 spiro atoms. The molecule has 0 heterocycles. The van der Waals surface area contributed by atoms with E-state index in [1.807, 2.05) is 0 Å². The van der Waals surface area contributed by atoms with Gasteiger partial charge in [-0.05, 0) is 22.9 Å². The molecule has 0 N–H and O–H groups in total. The van der Waals surface area contributed by atoms with Gasteiger partial charge in [-0.3, -0.25) is 4.48 Å². The van der Waals surface area contributed by atoms with Crippen molar-refractivity contribution in [2.45, 2.75) is 0 Å². The van der Waals surface area contributed by atoms with Crippen molar-refractivity contribution < 1.29 is 17.3 Å². The molecule has 0 fully saturated rings. The summed E-state index contributed by atoms with van der Waals surface area (Å²) in [6.07, 6.45) is 0. The van der Waals surface area contributed by atoms with Crippen LogP contribution in [0.1, 0.15) is 0 Å². The predicted molar refractivity (Wildman–Crippen MR) is 111 cm³/mol. The molecule has 0 atom stereocenters. The highest BCUT2D eigenvalue weighted by Gasteiger charge is 2.26. The monoisotopic (exact) mass is 385 g/mol. The Balaban J connectivity index is 0.000000403. The first-order valence-corrected chi connectivity index (χ1v) is 8.86. The quantitative estimate of drug-likeness (QED) is 0.195. The van der Waals surface area contributed by atoms with E-state index in [1.165, 1.54) is 32.9 Å². The van der Waals surface area contributed by atoms with Crippen LogP contribution in [0.25, 0.3) is 21.5 Å². The lowest BCUT2D eigenvalue weighted by Gasteiger charge is -2.31. The fourth-order valence-electron chi connectivity index (χ4n) is 3.52. The van der Waals surface area contributed by atoms with Gasteiger partial charge in [0.05, 0.1) is 14.1 Å². The van der Waals surface area contributed by atoms with Crippen LogP contribution in [0.5, 0.6) is 0 Å². The summed E-state index contributed by atoms with van der Waals surface area (Å²) in [6.45, 7) is 0. The number of hydrogen-bond donors (Lipinski definition) is 0. The van der Waals surface area contributed by atoms with Crippen LogP contribution >= 0.6 is 0 Å². The van der Waals surface area contributed by atoms with Gasteiger partial charge in [-0.1, -0.05) is 60.7 Å². The van der Waals surface area contributed by atoms with Gasteiger partial charge in [-0.15, -0.1) is 0 Å². The Morgan fingerprint density at radius 3 is 1.25 bits per heavy atom. The highest BCUT2D eigenvalue weighted by Crippen LogP contribution is 2.39. The molecule has 6 heteroatoms. The first-order chi connectivity index (χ1) is 13.2. The second-order valence-corrected chi connectivity index (χ2v) is 6.94. The summed E-state index contributed by atoms with van der Waals surface area (Å²) in [5, 5.41) is 5.20. The minimum absolute atomic E-state index is 0.725. The lowest BCUT2D eigenvalue weighted by atomic mass is 10.0. The summed E-state index contributed by atoms with van der Waals surface area (Å²) >= 11 is 0. The Bertz CT molecular complexity index is 1010. The normalized spacial score (nSPS) is 11.9. The molecular weight excluding hydrogens is 365 g/mol.